The largest absolute Gasteiger partial charge is 0.354 e. The van der Waals surface area contributed by atoms with E-state index in [0.717, 1.165) is 38.5 Å². The molecule has 0 atom stereocenters. The zero-order chi connectivity index (χ0) is 14.7. The predicted octanol–water partition coefficient (Wildman–Crippen LogP) is 1.01. The number of pyridine rings is 1. The molecule has 0 bridgehead atoms. The Labute approximate surface area is 124 Å². The molecule has 1 fully saturated rings. The first-order chi connectivity index (χ1) is 10.2. The zero-order valence-corrected chi connectivity index (χ0v) is 12.1. The minimum absolute atomic E-state index is 0.477. The predicted molar refractivity (Wildman–Crippen MR) is 79.7 cm³/mol. The molecule has 3 rings (SSSR count). The number of aryl methyl sites for hydroxylation is 1. The number of nitriles is 1. The van der Waals surface area contributed by atoms with Gasteiger partial charge in [-0.2, -0.15) is 10.4 Å². The summed E-state index contributed by atoms with van der Waals surface area (Å²) in [6.07, 6.45) is 3.98. The lowest BCUT2D eigenvalue weighted by Gasteiger charge is -2.35. The second-order valence-electron chi connectivity index (χ2n) is 5.28. The van der Waals surface area contributed by atoms with Crippen LogP contribution in [0.5, 0.6) is 0 Å². The molecule has 3 heterocycles. The van der Waals surface area contributed by atoms with Gasteiger partial charge in [-0.15, -0.1) is 0 Å². The van der Waals surface area contributed by atoms with Crippen molar-refractivity contribution in [1.29, 1.82) is 5.26 Å². The second-order valence-corrected chi connectivity index (χ2v) is 5.28. The van der Waals surface area contributed by atoms with E-state index >= 15 is 0 Å². The molecule has 0 amide bonds. The highest BCUT2D eigenvalue weighted by molar-refractivity contribution is 5.42. The van der Waals surface area contributed by atoms with Crippen molar-refractivity contribution in [3.05, 3.63) is 41.9 Å². The van der Waals surface area contributed by atoms with Crippen LogP contribution in [-0.4, -0.2) is 45.8 Å². The number of hydrogen-bond acceptors (Lipinski definition) is 5. The summed E-state index contributed by atoms with van der Waals surface area (Å²) in [4.78, 5) is 9.02. The van der Waals surface area contributed by atoms with Gasteiger partial charge in [-0.25, -0.2) is 4.98 Å². The Hall–Kier alpha value is -2.39. The molecule has 2 aromatic rings. The minimum Gasteiger partial charge on any atom is -0.354 e. The van der Waals surface area contributed by atoms with Crippen molar-refractivity contribution in [3.63, 3.8) is 0 Å². The second kappa shape index (κ2) is 5.94. The summed E-state index contributed by atoms with van der Waals surface area (Å²) in [7, 11) is 1.94. The summed E-state index contributed by atoms with van der Waals surface area (Å²) in [5.41, 5.74) is 1.72. The smallest absolute Gasteiger partial charge is 0.142 e. The van der Waals surface area contributed by atoms with Crippen LogP contribution in [-0.2, 0) is 13.6 Å². The molecule has 108 valence electrons. The highest BCUT2D eigenvalue weighted by Crippen LogP contribution is 2.15. The molecule has 6 nitrogen and oxygen atoms in total. The van der Waals surface area contributed by atoms with Gasteiger partial charge in [-0.3, -0.25) is 9.58 Å². The van der Waals surface area contributed by atoms with E-state index in [9.17, 15) is 0 Å². The molecule has 0 saturated carbocycles. The van der Waals surface area contributed by atoms with Gasteiger partial charge in [0, 0.05) is 51.5 Å². The Morgan fingerprint density at radius 1 is 1.24 bits per heavy atom. The lowest BCUT2D eigenvalue weighted by atomic mass is 10.2. The molecule has 0 aromatic carbocycles. The minimum atomic E-state index is 0.477. The van der Waals surface area contributed by atoms with Crippen LogP contribution >= 0.6 is 0 Å². The Bertz CT molecular complexity index is 648. The number of rotatable bonds is 3. The van der Waals surface area contributed by atoms with Crippen LogP contribution in [0.25, 0.3) is 0 Å². The summed E-state index contributed by atoms with van der Waals surface area (Å²) >= 11 is 0. The molecular formula is C15H18N6. The third-order valence-electron chi connectivity index (χ3n) is 3.71. The first-order valence-electron chi connectivity index (χ1n) is 7.06. The van der Waals surface area contributed by atoms with Crippen LogP contribution < -0.4 is 4.90 Å². The van der Waals surface area contributed by atoms with E-state index in [4.69, 9.17) is 5.26 Å². The van der Waals surface area contributed by atoms with Crippen LogP contribution in [0, 0.1) is 11.3 Å². The first kappa shape index (κ1) is 13.6. The van der Waals surface area contributed by atoms with E-state index in [1.807, 2.05) is 30.1 Å². The fourth-order valence-electron chi connectivity index (χ4n) is 2.61. The Kier molecular flexibility index (Phi) is 3.84. The molecule has 21 heavy (non-hydrogen) atoms. The van der Waals surface area contributed by atoms with Gasteiger partial charge in [0.1, 0.15) is 17.6 Å². The van der Waals surface area contributed by atoms with E-state index < -0.39 is 0 Å². The van der Waals surface area contributed by atoms with Crippen molar-refractivity contribution in [1.82, 2.24) is 19.7 Å². The topological polar surface area (TPSA) is 61.0 Å². The van der Waals surface area contributed by atoms with Gasteiger partial charge in [0.25, 0.3) is 0 Å². The van der Waals surface area contributed by atoms with Crippen LogP contribution in [0.4, 0.5) is 5.82 Å². The maximum atomic E-state index is 8.92. The average molecular weight is 282 g/mol. The summed E-state index contributed by atoms with van der Waals surface area (Å²) in [6.45, 7) is 4.79. The maximum Gasteiger partial charge on any atom is 0.142 e. The monoisotopic (exact) mass is 282 g/mol. The molecule has 0 spiro atoms. The highest BCUT2D eigenvalue weighted by atomic mass is 15.3. The lowest BCUT2D eigenvalue weighted by molar-refractivity contribution is 0.249. The van der Waals surface area contributed by atoms with Gasteiger partial charge in [0.15, 0.2) is 0 Å². The highest BCUT2D eigenvalue weighted by Gasteiger charge is 2.18. The first-order valence-corrected chi connectivity index (χ1v) is 7.06. The Morgan fingerprint density at radius 2 is 2.05 bits per heavy atom. The molecule has 0 unspecified atom stereocenters. The van der Waals surface area contributed by atoms with Crippen LogP contribution in [0.3, 0.4) is 0 Å². The summed E-state index contributed by atoms with van der Waals surface area (Å²) in [5.74, 6) is 0.898. The van der Waals surface area contributed by atoms with Crippen molar-refractivity contribution in [2.24, 2.45) is 7.05 Å². The normalized spacial score (nSPS) is 15.9. The molecule has 6 heteroatoms. The van der Waals surface area contributed by atoms with Gasteiger partial charge in [-0.05, 0) is 12.1 Å². The third kappa shape index (κ3) is 3.20. The standard InChI is InChI=1S/C15H18N6/c1-19-11-13(10-17-19)12-20-5-7-21(8-6-20)15-4-2-3-14(9-16)18-15/h2-4,10-11H,5-8,12H2,1H3. The zero-order valence-electron chi connectivity index (χ0n) is 12.1. The number of anilines is 1. The van der Waals surface area contributed by atoms with Crippen LogP contribution in [0.2, 0.25) is 0 Å². The molecule has 1 saturated heterocycles. The fraction of sp³-hybridized carbons (Fsp3) is 0.400. The molecule has 2 aromatic heterocycles. The summed E-state index contributed by atoms with van der Waals surface area (Å²) < 4.78 is 1.84. The quantitative estimate of drug-likeness (QED) is 0.841. The number of nitrogens with zero attached hydrogens (tertiary/aromatic N) is 6. The van der Waals surface area contributed by atoms with Gasteiger partial charge in [-0.1, -0.05) is 6.07 Å². The maximum absolute atomic E-state index is 8.92. The average Bonchev–Trinajstić information content (AvgIpc) is 2.93. The molecule has 1 aliphatic heterocycles. The van der Waals surface area contributed by atoms with Crippen molar-refractivity contribution in [2.45, 2.75) is 6.54 Å². The van der Waals surface area contributed by atoms with Crippen molar-refractivity contribution in [3.8, 4) is 6.07 Å². The summed E-state index contributed by atoms with van der Waals surface area (Å²) in [5, 5.41) is 13.1. The van der Waals surface area contributed by atoms with E-state index in [0.29, 0.717) is 5.69 Å². The van der Waals surface area contributed by atoms with Gasteiger partial charge in [0.05, 0.1) is 6.20 Å². The van der Waals surface area contributed by atoms with E-state index in [-0.39, 0.29) is 0 Å². The number of piperazine rings is 1. The molecular weight excluding hydrogens is 264 g/mol. The SMILES string of the molecule is Cn1cc(CN2CCN(c3cccc(C#N)n3)CC2)cn1. The molecule has 0 N–H and O–H groups in total. The third-order valence-corrected chi connectivity index (χ3v) is 3.71. The number of aromatic nitrogens is 3. The summed E-state index contributed by atoms with van der Waals surface area (Å²) in [6, 6.07) is 7.69. The lowest BCUT2D eigenvalue weighted by Crippen LogP contribution is -2.46. The van der Waals surface area contributed by atoms with Gasteiger partial charge < -0.3 is 4.90 Å². The van der Waals surface area contributed by atoms with Gasteiger partial charge in [0.2, 0.25) is 0 Å². The molecule has 1 aliphatic rings. The van der Waals surface area contributed by atoms with Gasteiger partial charge >= 0.3 is 0 Å². The Balaban J connectivity index is 1.58. The number of hydrogen-bond donors (Lipinski definition) is 0. The van der Waals surface area contributed by atoms with Crippen molar-refractivity contribution >= 4 is 5.82 Å². The van der Waals surface area contributed by atoms with Crippen molar-refractivity contribution < 1.29 is 0 Å². The van der Waals surface area contributed by atoms with Crippen LogP contribution in [0.1, 0.15) is 11.3 Å². The fourth-order valence-corrected chi connectivity index (χ4v) is 2.61. The molecule has 0 aliphatic carbocycles. The van der Waals surface area contributed by atoms with Crippen molar-refractivity contribution in [2.75, 3.05) is 31.1 Å². The van der Waals surface area contributed by atoms with E-state index in [1.54, 1.807) is 6.07 Å². The van der Waals surface area contributed by atoms with Crippen LogP contribution in [0.15, 0.2) is 30.6 Å². The molecule has 0 radical (unpaired) electrons. The van der Waals surface area contributed by atoms with E-state index in [2.05, 4.69) is 32.1 Å². The Morgan fingerprint density at radius 3 is 2.71 bits per heavy atom. The van der Waals surface area contributed by atoms with E-state index in [1.165, 1.54) is 5.56 Å².